The summed E-state index contributed by atoms with van der Waals surface area (Å²) < 4.78 is 5.26. The Morgan fingerprint density at radius 1 is 1.53 bits per heavy atom. The molecule has 3 N–H and O–H groups in total. The fraction of sp³-hybridized carbons (Fsp3) is 0.500. The van der Waals surface area contributed by atoms with E-state index >= 15 is 0 Å². The van der Waals surface area contributed by atoms with Crippen LogP contribution in [0.1, 0.15) is 18.9 Å². The molecule has 0 saturated carbocycles. The van der Waals surface area contributed by atoms with E-state index in [1.54, 1.807) is 7.11 Å². The Balaban J connectivity index is 3.04. The fourth-order valence-electron chi connectivity index (χ4n) is 1.88. The van der Waals surface area contributed by atoms with E-state index in [2.05, 4.69) is 18.1 Å². The number of methoxy groups -OCH3 is 1. The van der Waals surface area contributed by atoms with Gasteiger partial charge in [0.05, 0.1) is 12.8 Å². The predicted octanol–water partition coefficient (Wildman–Crippen LogP) is 2.56. The molecular weight excluding hydrogens is 258 g/mol. The first-order chi connectivity index (χ1) is 9.01. The minimum absolute atomic E-state index is 0.0848. The van der Waals surface area contributed by atoms with Gasteiger partial charge < -0.3 is 15.4 Å². The third kappa shape index (κ3) is 4.06. The van der Waals surface area contributed by atoms with E-state index in [0.717, 1.165) is 29.2 Å². The molecule has 0 saturated heterocycles. The maximum Gasteiger partial charge on any atom is 0.124 e. The van der Waals surface area contributed by atoms with Crippen LogP contribution in [0.4, 0.5) is 5.69 Å². The van der Waals surface area contributed by atoms with Crippen LogP contribution in [0.3, 0.4) is 0 Å². The van der Waals surface area contributed by atoms with Crippen molar-refractivity contribution in [3.63, 3.8) is 0 Å². The first-order valence-electron chi connectivity index (χ1n) is 6.25. The van der Waals surface area contributed by atoms with Crippen LogP contribution in [0.5, 0.6) is 5.75 Å². The van der Waals surface area contributed by atoms with E-state index < -0.39 is 0 Å². The van der Waals surface area contributed by atoms with Crippen molar-refractivity contribution in [1.82, 2.24) is 0 Å². The van der Waals surface area contributed by atoms with Crippen LogP contribution in [-0.2, 0) is 0 Å². The first-order valence-corrected chi connectivity index (χ1v) is 7.64. The molecule has 19 heavy (non-hydrogen) atoms. The van der Waals surface area contributed by atoms with E-state index in [-0.39, 0.29) is 5.84 Å². The molecule has 0 amide bonds. The number of nitrogen functional groups attached to an aromatic ring is 1. The smallest absolute Gasteiger partial charge is 0.124 e. The Morgan fingerprint density at radius 2 is 2.21 bits per heavy atom. The number of thioether (sulfide) groups is 1. The van der Waals surface area contributed by atoms with Crippen molar-refractivity contribution in [1.29, 1.82) is 5.41 Å². The molecule has 0 aliphatic heterocycles. The van der Waals surface area contributed by atoms with Crippen molar-refractivity contribution in [3.05, 3.63) is 23.8 Å². The summed E-state index contributed by atoms with van der Waals surface area (Å²) in [6, 6.07) is 6.00. The Bertz CT molecular complexity index is 437. The van der Waals surface area contributed by atoms with Gasteiger partial charge in [0, 0.05) is 24.7 Å². The second kappa shape index (κ2) is 7.28. The second-order valence-corrected chi connectivity index (χ2v) is 5.52. The van der Waals surface area contributed by atoms with E-state index in [0.29, 0.717) is 6.04 Å². The van der Waals surface area contributed by atoms with Crippen LogP contribution in [0.2, 0.25) is 0 Å². The molecule has 0 bridgehead atoms. The summed E-state index contributed by atoms with van der Waals surface area (Å²) in [5.41, 5.74) is 7.35. The van der Waals surface area contributed by atoms with Gasteiger partial charge >= 0.3 is 0 Å². The van der Waals surface area contributed by atoms with E-state index in [1.165, 1.54) is 0 Å². The minimum atomic E-state index is 0.0848. The molecular formula is C14H23N3OS. The maximum atomic E-state index is 7.68. The van der Waals surface area contributed by atoms with Crippen molar-refractivity contribution >= 4 is 23.3 Å². The van der Waals surface area contributed by atoms with Gasteiger partial charge in [-0.05, 0) is 37.5 Å². The van der Waals surface area contributed by atoms with E-state index in [9.17, 15) is 0 Å². The van der Waals surface area contributed by atoms with Crippen LogP contribution < -0.4 is 15.4 Å². The zero-order valence-corrected chi connectivity index (χ0v) is 12.9. The van der Waals surface area contributed by atoms with Crippen LogP contribution in [0, 0.1) is 5.41 Å². The lowest BCUT2D eigenvalue weighted by Gasteiger charge is -2.29. The summed E-state index contributed by atoms with van der Waals surface area (Å²) >= 11 is 1.84. The standard InChI is InChI=1S/C14H23N3OS/c1-10(7-8-19-4)17(2)13-9-11(18-3)5-6-12(13)14(15)16/h5-6,9-10H,7-8H2,1-4H3,(H3,15,16). The molecule has 1 atom stereocenters. The SMILES string of the molecule is COc1ccc(C(=N)N)c(N(C)C(C)CCSC)c1. The molecule has 5 heteroatoms. The molecule has 0 fully saturated rings. The predicted molar refractivity (Wildman–Crippen MR) is 84.9 cm³/mol. The Labute approximate surface area is 119 Å². The zero-order chi connectivity index (χ0) is 14.4. The van der Waals surface area contributed by atoms with Gasteiger partial charge in [0.2, 0.25) is 0 Å². The summed E-state index contributed by atoms with van der Waals surface area (Å²) in [7, 11) is 3.68. The number of benzene rings is 1. The van der Waals surface area contributed by atoms with Crippen LogP contribution in [0.25, 0.3) is 0 Å². The third-order valence-electron chi connectivity index (χ3n) is 3.28. The highest BCUT2D eigenvalue weighted by atomic mass is 32.2. The number of rotatable bonds is 7. The molecule has 106 valence electrons. The van der Waals surface area contributed by atoms with Crippen molar-refractivity contribution in [2.75, 3.05) is 31.1 Å². The van der Waals surface area contributed by atoms with Gasteiger partial charge in [-0.2, -0.15) is 11.8 Å². The molecule has 4 nitrogen and oxygen atoms in total. The summed E-state index contributed by atoms with van der Waals surface area (Å²) in [5.74, 6) is 1.98. The van der Waals surface area contributed by atoms with Crippen molar-refractivity contribution in [2.45, 2.75) is 19.4 Å². The maximum absolute atomic E-state index is 7.68. The van der Waals surface area contributed by atoms with Crippen LogP contribution in [-0.4, -0.2) is 38.0 Å². The number of ether oxygens (including phenoxy) is 1. The molecule has 1 aromatic rings. The summed E-state index contributed by atoms with van der Waals surface area (Å²) in [6.07, 6.45) is 3.20. The number of anilines is 1. The zero-order valence-electron chi connectivity index (χ0n) is 12.1. The van der Waals surface area contributed by atoms with E-state index in [4.69, 9.17) is 15.9 Å². The first kappa shape index (κ1) is 15.7. The molecule has 1 rings (SSSR count). The average Bonchev–Trinajstić information content (AvgIpc) is 2.42. The van der Waals surface area contributed by atoms with Crippen molar-refractivity contribution in [3.8, 4) is 5.75 Å². The van der Waals surface area contributed by atoms with Gasteiger partial charge in [0.15, 0.2) is 0 Å². The molecule has 0 aliphatic rings. The third-order valence-corrected chi connectivity index (χ3v) is 3.92. The lowest BCUT2D eigenvalue weighted by molar-refractivity contribution is 0.414. The molecule has 0 aromatic heterocycles. The Kier molecular flexibility index (Phi) is 6.02. The quantitative estimate of drug-likeness (QED) is 0.595. The normalized spacial score (nSPS) is 12.0. The fourth-order valence-corrected chi connectivity index (χ4v) is 2.45. The molecule has 0 aliphatic carbocycles. The van der Waals surface area contributed by atoms with E-state index in [1.807, 2.05) is 37.0 Å². The molecule has 0 heterocycles. The summed E-state index contributed by atoms with van der Waals surface area (Å²) in [5, 5.41) is 7.68. The number of nitrogens with one attached hydrogen (secondary N) is 1. The summed E-state index contributed by atoms with van der Waals surface area (Å²) in [4.78, 5) is 2.16. The van der Waals surface area contributed by atoms with Gasteiger partial charge in [-0.1, -0.05) is 0 Å². The average molecular weight is 281 g/mol. The number of amidine groups is 1. The van der Waals surface area contributed by atoms with Crippen LogP contribution >= 0.6 is 11.8 Å². The van der Waals surface area contributed by atoms with Gasteiger partial charge in [-0.15, -0.1) is 0 Å². The highest BCUT2D eigenvalue weighted by Gasteiger charge is 2.15. The lowest BCUT2D eigenvalue weighted by Crippen LogP contribution is -2.31. The number of nitrogens with zero attached hydrogens (tertiary/aromatic N) is 1. The van der Waals surface area contributed by atoms with Crippen molar-refractivity contribution < 1.29 is 4.74 Å². The van der Waals surface area contributed by atoms with Gasteiger partial charge in [-0.25, -0.2) is 0 Å². The van der Waals surface area contributed by atoms with Crippen molar-refractivity contribution in [2.24, 2.45) is 5.73 Å². The summed E-state index contributed by atoms with van der Waals surface area (Å²) in [6.45, 7) is 2.18. The minimum Gasteiger partial charge on any atom is -0.497 e. The molecule has 1 aromatic carbocycles. The second-order valence-electron chi connectivity index (χ2n) is 4.54. The number of hydrogen-bond donors (Lipinski definition) is 2. The van der Waals surface area contributed by atoms with Gasteiger partial charge in [-0.3, -0.25) is 5.41 Å². The Morgan fingerprint density at radius 3 is 2.74 bits per heavy atom. The topological polar surface area (TPSA) is 62.3 Å². The van der Waals surface area contributed by atoms with Crippen LogP contribution in [0.15, 0.2) is 18.2 Å². The van der Waals surface area contributed by atoms with Gasteiger partial charge in [0.25, 0.3) is 0 Å². The molecule has 0 spiro atoms. The largest absolute Gasteiger partial charge is 0.497 e. The lowest BCUT2D eigenvalue weighted by atomic mass is 10.1. The number of hydrogen-bond acceptors (Lipinski definition) is 4. The highest BCUT2D eigenvalue weighted by molar-refractivity contribution is 7.98. The molecule has 0 radical (unpaired) electrons. The number of nitrogens with two attached hydrogens (primary N) is 1. The van der Waals surface area contributed by atoms with Gasteiger partial charge in [0.1, 0.15) is 11.6 Å². The monoisotopic (exact) mass is 281 g/mol. The Hall–Kier alpha value is -1.36. The highest BCUT2D eigenvalue weighted by Crippen LogP contribution is 2.27. The molecule has 1 unspecified atom stereocenters.